The first-order valence-corrected chi connectivity index (χ1v) is 3.77. The first-order chi connectivity index (χ1) is 5.77. The van der Waals surface area contributed by atoms with Gasteiger partial charge in [0.2, 0.25) is 0 Å². The van der Waals surface area contributed by atoms with E-state index < -0.39 is 0 Å². The van der Waals surface area contributed by atoms with E-state index in [9.17, 15) is 5.11 Å². The molecule has 0 aromatic heterocycles. The second-order valence-corrected chi connectivity index (χ2v) is 2.43. The topological polar surface area (TPSA) is 29.5 Å². The first kappa shape index (κ1) is 12.6. The molecule has 1 aromatic rings. The zero-order valence-electron chi connectivity index (χ0n) is 9.24. The van der Waals surface area contributed by atoms with E-state index >= 15 is 0 Å². The van der Waals surface area contributed by atoms with Gasteiger partial charge in [-0.2, -0.15) is 0 Å². The van der Waals surface area contributed by atoms with E-state index in [1.54, 1.807) is 12.1 Å². The molecule has 0 bridgehead atoms. The van der Waals surface area contributed by atoms with Crippen molar-refractivity contribution in [3.63, 3.8) is 0 Å². The molecule has 0 aliphatic rings. The molecule has 0 saturated heterocycles. The summed E-state index contributed by atoms with van der Waals surface area (Å²) < 4.78 is 4.95. The Morgan fingerprint density at radius 2 is 2.15 bits per heavy atom. The van der Waals surface area contributed by atoms with Crippen molar-refractivity contribution in [2.24, 2.45) is 0 Å². The van der Waals surface area contributed by atoms with Crippen molar-refractivity contribution in [3.8, 4) is 11.5 Å². The minimum atomic E-state index is 0. The van der Waals surface area contributed by atoms with Crippen LogP contribution in [-0.2, 0) is 0 Å². The summed E-state index contributed by atoms with van der Waals surface area (Å²) in [4.78, 5) is 0. The van der Waals surface area contributed by atoms with E-state index in [4.69, 9.17) is 4.74 Å². The molecule has 13 heavy (non-hydrogen) atoms. The van der Waals surface area contributed by atoms with Gasteiger partial charge in [-0.15, -0.1) is 0 Å². The zero-order valence-corrected chi connectivity index (χ0v) is 10.2. The zero-order chi connectivity index (χ0) is 8.97. The molecule has 0 unspecified atom stereocenters. The van der Waals surface area contributed by atoms with Crippen molar-refractivity contribution in [3.05, 3.63) is 29.8 Å². The van der Waals surface area contributed by atoms with Crippen LogP contribution in [0.2, 0.25) is 0 Å². The van der Waals surface area contributed by atoms with Crippen LogP contribution in [0.3, 0.4) is 0 Å². The molecule has 0 aliphatic carbocycles. The fourth-order valence-corrected chi connectivity index (χ4v) is 0.990. The van der Waals surface area contributed by atoms with Crippen LogP contribution in [0.5, 0.6) is 11.5 Å². The van der Waals surface area contributed by atoms with Crippen molar-refractivity contribution >= 4 is 6.08 Å². The van der Waals surface area contributed by atoms with Crippen LogP contribution >= 0.6 is 0 Å². The first-order valence-electron chi connectivity index (χ1n) is 3.77. The number of hydrogen-bond donors (Lipinski definition) is 1. The summed E-state index contributed by atoms with van der Waals surface area (Å²) in [5.74, 6) is 0.677. The summed E-state index contributed by atoms with van der Waals surface area (Å²) in [6.07, 6.45) is 3.88. The molecular weight excluding hydrogens is 175 g/mol. The predicted molar refractivity (Wildman–Crippen MR) is 50.5 cm³/mol. The maximum absolute atomic E-state index is 9.25. The maximum Gasteiger partial charge on any atom is 1.00 e. The summed E-state index contributed by atoms with van der Waals surface area (Å²) in [5.41, 5.74) is 1.02. The summed E-state index contributed by atoms with van der Waals surface area (Å²) in [6, 6.07) is 5.24. The van der Waals surface area contributed by atoms with Gasteiger partial charge in [0.25, 0.3) is 0 Å². The van der Waals surface area contributed by atoms with Crippen LogP contribution in [0, 0.1) is 0 Å². The third-order valence-electron chi connectivity index (χ3n) is 1.56. The minimum absolute atomic E-state index is 0. The molecule has 0 saturated carbocycles. The smallest absolute Gasteiger partial charge is 1.00 e. The van der Waals surface area contributed by atoms with Crippen molar-refractivity contribution in [2.45, 2.75) is 6.92 Å². The van der Waals surface area contributed by atoms with E-state index in [1.165, 1.54) is 7.11 Å². The predicted octanol–water partition coefficient (Wildman–Crippen LogP) is -0.450. The molecule has 66 valence electrons. The van der Waals surface area contributed by atoms with Crippen molar-refractivity contribution < 1.29 is 40.8 Å². The summed E-state index contributed by atoms with van der Waals surface area (Å²) >= 11 is 0. The van der Waals surface area contributed by atoms with Crippen molar-refractivity contribution in [1.29, 1.82) is 0 Å². The molecule has 1 rings (SSSR count). The molecule has 0 fully saturated rings. The number of rotatable bonds is 2. The molecule has 2 nitrogen and oxygen atoms in total. The third-order valence-corrected chi connectivity index (χ3v) is 1.56. The Labute approximate surface area is 102 Å². The monoisotopic (exact) mass is 188 g/mol. The average Bonchev–Trinajstić information content (AvgIpc) is 2.09. The standard InChI is InChI=1S/C10H12O2.Na.H/c1-3-4-8-5-6-9(11)10(7-8)12-2;;/h3-7,11H,1-2H3;;/q;+1;-1/b4-3+;;. The van der Waals surface area contributed by atoms with E-state index in [-0.39, 0.29) is 36.7 Å². The molecule has 0 radical (unpaired) electrons. The molecule has 0 heterocycles. The number of methoxy groups -OCH3 is 1. The number of benzene rings is 1. The van der Waals surface area contributed by atoms with Gasteiger partial charge in [-0.1, -0.05) is 18.2 Å². The number of hydrogen-bond acceptors (Lipinski definition) is 2. The molecule has 0 aliphatic heterocycles. The van der Waals surface area contributed by atoms with E-state index in [1.807, 2.05) is 25.1 Å². The SMILES string of the molecule is C/C=C/c1ccc(O)c(OC)c1.[H-].[Na+]. The maximum atomic E-state index is 9.25. The molecule has 0 spiro atoms. The molecule has 0 atom stereocenters. The van der Waals surface area contributed by atoms with Gasteiger partial charge in [-0.3, -0.25) is 0 Å². The van der Waals surface area contributed by atoms with Crippen LogP contribution in [0.15, 0.2) is 24.3 Å². The van der Waals surface area contributed by atoms with E-state index in [0.29, 0.717) is 5.75 Å². The number of ether oxygens (including phenoxy) is 1. The fourth-order valence-electron chi connectivity index (χ4n) is 0.990. The van der Waals surface area contributed by atoms with Crippen LogP contribution < -0.4 is 34.3 Å². The Morgan fingerprint density at radius 3 is 2.69 bits per heavy atom. The number of aromatic hydroxyl groups is 1. The number of allylic oxidation sites excluding steroid dienone is 1. The van der Waals surface area contributed by atoms with Crippen LogP contribution in [-0.4, -0.2) is 12.2 Å². The largest absolute Gasteiger partial charge is 1.00 e. The quantitative estimate of drug-likeness (QED) is 0.637. The molecule has 0 amide bonds. The minimum Gasteiger partial charge on any atom is -1.00 e. The second kappa shape index (κ2) is 6.08. The Hall–Kier alpha value is -0.440. The molecular formula is C10H13NaO2. The van der Waals surface area contributed by atoms with E-state index in [2.05, 4.69) is 0 Å². The summed E-state index contributed by atoms with van der Waals surface area (Å²) in [6.45, 7) is 1.94. The van der Waals surface area contributed by atoms with E-state index in [0.717, 1.165) is 5.56 Å². The fraction of sp³-hybridized carbons (Fsp3) is 0.200. The van der Waals surface area contributed by atoms with Gasteiger partial charge in [-0.05, 0) is 24.6 Å². The van der Waals surface area contributed by atoms with Crippen LogP contribution in [0.25, 0.3) is 6.08 Å². The third kappa shape index (κ3) is 3.43. The molecule has 3 heteroatoms. The Balaban J connectivity index is 0. The Morgan fingerprint density at radius 1 is 1.46 bits per heavy atom. The Bertz CT molecular complexity index is 300. The molecule has 1 N–H and O–H groups in total. The van der Waals surface area contributed by atoms with Gasteiger partial charge in [0, 0.05) is 0 Å². The van der Waals surface area contributed by atoms with Gasteiger partial charge < -0.3 is 11.3 Å². The van der Waals surface area contributed by atoms with Gasteiger partial charge in [0.1, 0.15) is 0 Å². The van der Waals surface area contributed by atoms with Gasteiger partial charge in [0.05, 0.1) is 7.11 Å². The normalized spacial score (nSPS) is 9.69. The summed E-state index contributed by atoms with van der Waals surface area (Å²) in [7, 11) is 1.54. The number of phenols is 1. The number of phenolic OH excluding ortho intramolecular Hbond substituents is 1. The van der Waals surface area contributed by atoms with Crippen LogP contribution in [0.4, 0.5) is 0 Å². The van der Waals surface area contributed by atoms with Crippen LogP contribution in [0.1, 0.15) is 13.9 Å². The van der Waals surface area contributed by atoms with Crippen molar-refractivity contribution in [2.75, 3.05) is 7.11 Å². The Kier molecular flexibility index (Phi) is 5.88. The van der Waals surface area contributed by atoms with Gasteiger partial charge in [-0.25, -0.2) is 0 Å². The van der Waals surface area contributed by atoms with Crippen molar-refractivity contribution in [1.82, 2.24) is 0 Å². The van der Waals surface area contributed by atoms with Gasteiger partial charge in [0.15, 0.2) is 11.5 Å². The summed E-state index contributed by atoms with van der Waals surface area (Å²) in [5, 5.41) is 9.25. The molecule has 1 aromatic carbocycles. The van der Waals surface area contributed by atoms with Gasteiger partial charge >= 0.3 is 29.6 Å². The average molecular weight is 188 g/mol. The second-order valence-electron chi connectivity index (χ2n) is 2.43.